The molecule has 2 aromatic rings. The first kappa shape index (κ1) is 21.1. The van der Waals surface area contributed by atoms with Gasteiger partial charge in [0.1, 0.15) is 11.8 Å². The van der Waals surface area contributed by atoms with Gasteiger partial charge in [-0.25, -0.2) is 0 Å². The molecule has 2 aromatic carbocycles. The number of nitrogens with two attached hydrogens (primary N) is 1. The minimum atomic E-state index is -0.320. The van der Waals surface area contributed by atoms with Gasteiger partial charge in [-0.05, 0) is 60.6 Å². The van der Waals surface area contributed by atoms with Gasteiger partial charge in [0.25, 0.3) is 0 Å². The van der Waals surface area contributed by atoms with Crippen LogP contribution < -0.4 is 15.4 Å². The molecule has 0 bridgehead atoms. The Balaban J connectivity index is 1.66. The minimum absolute atomic E-state index is 0.0980. The Hall–Kier alpha value is -3.12. The average Bonchev–Trinajstić information content (AvgIpc) is 3.63. The molecule has 1 amide bonds. The SMILES string of the molecule is COc1cccc(C2C(=O)N(c3ccc(/C(C=N)=C/N)cc3)CCCN2CC2CC2)c1. The first-order chi connectivity index (χ1) is 15.1. The van der Waals surface area contributed by atoms with Gasteiger partial charge in [-0.3, -0.25) is 9.69 Å². The third-order valence-corrected chi connectivity index (χ3v) is 6.14. The highest BCUT2D eigenvalue weighted by Crippen LogP contribution is 2.36. The lowest BCUT2D eigenvalue weighted by molar-refractivity contribution is -0.123. The number of nitrogens with zero attached hydrogens (tertiary/aromatic N) is 2. The number of hydrogen-bond donors (Lipinski definition) is 2. The van der Waals surface area contributed by atoms with Crippen LogP contribution >= 0.6 is 0 Å². The summed E-state index contributed by atoms with van der Waals surface area (Å²) in [5, 5.41) is 7.49. The first-order valence-corrected chi connectivity index (χ1v) is 10.9. The van der Waals surface area contributed by atoms with Crippen molar-refractivity contribution in [1.29, 1.82) is 5.41 Å². The smallest absolute Gasteiger partial charge is 0.248 e. The number of carbonyl (C=O) groups excluding carboxylic acids is 1. The van der Waals surface area contributed by atoms with Crippen LogP contribution in [0.2, 0.25) is 0 Å². The Morgan fingerprint density at radius 1 is 1.19 bits per heavy atom. The van der Waals surface area contributed by atoms with Crippen LogP contribution in [-0.2, 0) is 4.79 Å². The molecule has 0 spiro atoms. The fraction of sp³-hybridized carbons (Fsp3) is 0.360. The standard InChI is InChI=1S/C25H30N4O2/c1-31-23-5-2-4-20(14-23)24-25(30)29(13-3-12-28(24)17-18-6-7-18)22-10-8-19(9-11-22)21(15-26)16-27/h2,4-5,8-11,14-16,18,24,26H,3,6-7,12-13,17,27H2,1H3/b21-16+,26-15?. The summed E-state index contributed by atoms with van der Waals surface area (Å²) in [7, 11) is 1.65. The summed E-state index contributed by atoms with van der Waals surface area (Å²) in [6, 6.07) is 15.3. The molecule has 1 atom stereocenters. The highest BCUT2D eigenvalue weighted by molar-refractivity contribution is 6.08. The molecule has 2 aliphatic rings. The molecule has 31 heavy (non-hydrogen) atoms. The second-order valence-corrected chi connectivity index (χ2v) is 8.27. The maximum atomic E-state index is 13.9. The van der Waals surface area contributed by atoms with Gasteiger partial charge < -0.3 is 20.8 Å². The molecule has 162 valence electrons. The van der Waals surface area contributed by atoms with Crippen molar-refractivity contribution in [2.24, 2.45) is 11.7 Å². The average molecular weight is 419 g/mol. The lowest BCUT2D eigenvalue weighted by Gasteiger charge is -2.31. The number of anilines is 1. The van der Waals surface area contributed by atoms with E-state index in [0.717, 1.165) is 42.1 Å². The zero-order chi connectivity index (χ0) is 21.8. The van der Waals surface area contributed by atoms with Crippen molar-refractivity contribution in [3.8, 4) is 5.75 Å². The van der Waals surface area contributed by atoms with Crippen LogP contribution in [0.3, 0.4) is 0 Å². The quantitative estimate of drug-likeness (QED) is 0.670. The molecule has 1 aliphatic carbocycles. The molecule has 0 radical (unpaired) electrons. The number of rotatable bonds is 7. The van der Waals surface area contributed by atoms with Crippen LogP contribution in [0, 0.1) is 11.3 Å². The zero-order valence-electron chi connectivity index (χ0n) is 18.0. The summed E-state index contributed by atoms with van der Waals surface area (Å²) in [4.78, 5) is 18.1. The van der Waals surface area contributed by atoms with Gasteiger partial charge in [-0.1, -0.05) is 24.3 Å². The predicted octanol–water partition coefficient (Wildman–Crippen LogP) is 3.83. The fourth-order valence-electron chi connectivity index (χ4n) is 4.29. The molecule has 2 fully saturated rings. The Labute approximate surface area is 183 Å². The second kappa shape index (κ2) is 9.35. The van der Waals surface area contributed by atoms with Crippen molar-refractivity contribution in [2.45, 2.75) is 25.3 Å². The van der Waals surface area contributed by atoms with Crippen LogP contribution in [0.25, 0.3) is 5.57 Å². The third kappa shape index (κ3) is 4.64. The highest BCUT2D eigenvalue weighted by atomic mass is 16.5. The zero-order valence-corrected chi connectivity index (χ0v) is 18.0. The summed E-state index contributed by atoms with van der Waals surface area (Å²) >= 11 is 0. The number of nitrogens with one attached hydrogen (secondary N) is 1. The molecule has 1 heterocycles. The van der Waals surface area contributed by atoms with Crippen LogP contribution in [0.1, 0.15) is 36.4 Å². The number of benzene rings is 2. The number of allylic oxidation sites excluding steroid dienone is 1. The lowest BCUT2D eigenvalue weighted by atomic mass is 10.0. The molecular weight excluding hydrogens is 388 g/mol. The lowest BCUT2D eigenvalue weighted by Crippen LogP contribution is -2.40. The van der Waals surface area contributed by atoms with Crippen LogP contribution in [0.4, 0.5) is 5.69 Å². The monoisotopic (exact) mass is 418 g/mol. The van der Waals surface area contributed by atoms with E-state index in [9.17, 15) is 4.79 Å². The maximum Gasteiger partial charge on any atom is 0.248 e. The van der Waals surface area contributed by atoms with E-state index in [1.165, 1.54) is 25.3 Å². The van der Waals surface area contributed by atoms with Crippen molar-refractivity contribution in [3.05, 3.63) is 65.9 Å². The summed E-state index contributed by atoms with van der Waals surface area (Å²) in [6.07, 6.45) is 6.10. The van der Waals surface area contributed by atoms with Crippen LogP contribution in [0.15, 0.2) is 54.7 Å². The first-order valence-electron chi connectivity index (χ1n) is 10.9. The third-order valence-electron chi connectivity index (χ3n) is 6.14. The van der Waals surface area contributed by atoms with E-state index in [2.05, 4.69) is 4.90 Å². The van der Waals surface area contributed by atoms with Gasteiger partial charge in [-0.15, -0.1) is 0 Å². The number of hydrogen-bond acceptors (Lipinski definition) is 5. The van der Waals surface area contributed by atoms with E-state index < -0.39 is 0 Å². The van der Waals surface area contributed by atoms with E-state index in [-0.39, 0.29) is 11.9 Å². The van der Waals surface area contributed by atoms with Crippen molar-refractivity contribution in [3.63, 3.8) is 0 Å². The molecule has 3 N–H and O–H groups in total. The van der Waals surface area contributed by atoms with Crippen molar-refractivity contribution < 1.29 is 9.53 Å². The van der Waals surface area contributed by atoms with Crippen molar-refractivity contribution in [2.75, 3.05) is 31.6 Å². The summed E-state index contributed by atoms with van der Waals surface area (Å²) in [5.41, 5.74) is 8.98. The molecule has 1 saturated carbocycles. The fourth-order valence-corrected chi connectivity index (χ4v) is 4.29. The van der Waals surface area contributed by atoms with Gasteiger partial charge in [0.05, 0.1) is 7.11 Å². The Morgan fingerprint density at radius 3 is 2.61 bits per heavy atom. The summed E-state index contributed by atoms with van der Waals surface area (Å²) < 4.78 is 5.43. The van der Waals surface area contributed by atoms with Crippen LogP contribution in [0.5, 0.6) is 5.75 Å². The topological polar surface area (TPSA) is 82.6 Å². The van der Waals surface area contributed by atoms with E-state index in [0.29, 0.717) is 18.0 Å². The molecular formula is C25H30N4O2. The van der Waals surface area contributed by atoms with E-state index in [1.54, 1.807) is 7.11 Å². The molecule has 6 nitrogen and oxygen atoms in total. The van der Waals surface area contributed by atoms with Gasteiger partial charge in [-0.2, -0.15) is 0 Å². The number of carbonyl (C=O) groups is 1. The van der Waals surface area contributed by atoms with Gasteiger partial charge in [0.2, 0.25) is 5.91 Å². The number of amides is 1. The van der Waals surface area contributed by atoms with Crippen molar-refractivity contribution >= 4 is 23.4 Å². The molecule has 4 rings (SSSR count). The molecule has 6 heteroatoms. The van der Waals surface area contributed by atoms with Gasteiger partial charge in [0, 0.05) is 43.3 Å². The Bertz CT molecular complexity index is 966. The number of ether oxygens (including phenoxy) is 1. The molecule has 1 unspecified atom stereocenters. The molecule has 1 saturated heterocycles. The van der Waals surface area contributed by atoms with E-state index >= 15 is 0 Å². The predicted molar refractivity (Wildman–Crippen MR) is 124 cm³/mol. The number of methoxy groups -OCH3 is 1. The minimum Gasteiger partial charge on any atom is -0.497 e. The molecule has 1 aliphatic heterocycles. The van der Waals surface area contributed by atoms with Gasteiger partial charge in [0.15, 0.2) is 0 Å². The van der Waals surface area contributed by atoms with Gasteiger partial charge >= 0.3 is 0 Å². The molecule has 0 aromatic heterocycles. The maximum absolute atomic E-state index is 13.9. The largest absolute Gasteiger partial charge is 0.497 e. The normalized spacial score (nSPS) is 20.4. The van der Waals surface area contributed by atoms with Crippen LogP contribution in [-0.4, -0.2) is 43.8 Å². The Kier molecular flexibility index (Phi) is 6.37. The summed E-state index contributed by atoms with van der Waals surface area (Å²) in [5.74, 6) is 1.57. The van der Waals surface area contributed by atoms with E-state index in [1.807, 2.05) is 53.4 Å². The Morgan fingerprint density at radius 2 is 1.97 bits per heavy atom. The van der Waals surface area contributed by atoms with Crippen molar-refractivity contribution in [1.82, 2.24) is 4.90 Å². The second-order valence-electron chi connectivity index (χ2n) is 8.27. The summed E-state index contributed by atoms with van der Waals surface area (Å²) in [6.45, 7) is 2.54. The van der Waals surface area contributed by atoms with E-state index in [4.69, 9.17) is 15.9 Å². The highest BCUT2D eigenvalue weighted by Gasteiger charge is 2.37.